The second kappa shape index (κ2) is 10.7. The summed E-state index contributed by atoms with van der Waals surface area (Å²) in [6.07, 6.45) is 6.44. The third kappa shape index (κ3) is 6.23. The largest absolute Gasteiger partial charge is 0.461 e. The number of piperidine rings is 1. The number of hydrogen-bond donors (Lipinski definition) is 1. The van der Waals surface area contributed by atoms with Crippen LogP contribution in [-0.4, -0.2) is 68.2 Å². The van der Waals surface area contributed by atoms with Crippen LogP contribution in [0.5, 0.6) is 0 Å². The molecule has 11 heteroatoms. The Kier molecular flexibility index (Phi) is 7.63. The molecule has 3 aromatic rings. The molecular weight excluding hydrogens is 484 g/mol. The third-order valence-corrected chi connectivity index (χ3v) is 5.98. The van der Waals surface area contributed by atoms with Crippen molar-refractivity contribution in [2.75, 3.05) is 31.6 Å². The number of nitrogens with zero attached hydrogens (tertiary/aromatic N) is 5. The van der Waals surface area contributed by atoms with Gasteiger partial charge < -0.3 is 24.1 Å². The smallest absolute Gasteiger partial charge is 0.410 e. The lowest BCUT2D eigenvalue weighted by Gasteiger charge is -2.33. The topological polar surface area (TPSA) is 111 Å². The molecule has 4 rings (SSSR count). The zero-order chi connectivity index (χ0) is 25.9. The molecule has 4 heterocycles. The molecule has 1 N–H and O–H groups in total. The molecule has 192 valence electrons. The number of nitrogens with one attached hydrogen (secondary N) is 1. The van der Waals surface area contributed by atoms with E-state index < -0.39 is 11.6 Å². The van der Waals surface area contributed by atoms with Gasteiger partial charge in [0.1, 0.15) is 10.8 Å². The van der Waals surface area contributed by atoms with Crippen molar-refractivity contribution < 1.29 is 19.1 Å². The van der Waals surface area contributed by atoms with Crippen molar-refractivity contribution in [2.24, 2.45) is 5.92 Å². The minimum Gasteiger partial charge on any atom is -0.461 e. The maximum atomic E-state index is 12.4. The second-order valence-corrected chi connectivity index (χ2v) is 10.1. The average Bonchev–Trinajstić information content (AvgIpc) is 3.26. The Morgan fingerprint density at radius 3 is 2.61 bits per heavy atom. The zero-order valence-corrected chi connectivity index (χ0v) is 21.7. The SMILES string of the molecule is CCOC(=O)c1cn2cc(-c3ccnc(Cl)c3)nc(NCC3CCN(C(=O)OC(C)(C)C)CC3)c2n1. The van der Waals surface area contributed by atoms with Crippen molar-refractivity contribution in [3.05, 3.63) is 41.6 Å². The van der Waals surface area contributed by atoms with Crippen molar-refractivity contribution >= 4 is 35.1 Å². The van der Waals surface area contributed by atoms with Gasteiger partial charge in [-0.3, -0.25) is 0 Å². The highest BCUT2D eigenvalue weighted by Gasteiger charge is 2.27. The summed E-state index contributed by atoms with van der Waals surface area (Å²) in [6.45, 7) is 9.53. The first-order valence-corrected chi connectivity index (χ1v) is 12.4. The summed E-state index contributed by atoms with van der Waals surface area (Å²) in [6, 6.07) is 3.55. The quantitative estimate of drug-likeness (QED) is 0.373. The molecule has 0 atom stereocenters. The third-order valence-electron chi connectivity index (χ3n) is 5.77. The summed E-state index contributed by atoms with van der Waals surface area (Å²) in [5.74, 6) is 0.393. The van der Waals surface area contributed by atoms with Crippen molar-refractivity contribution in [2.45, 2.75) is 46.1 Å². The molecule has 3 aromatic heterocycles. The van der Waals surface area contributed by atoms with E-state index >= 15 is 0 Å². The molecule has 1 saturated heterocycles. The highest BCUT2D eigenvalue weighted by atomic mass is 35.5. The molecule has 36 heavy (non-hydrogen) atoms. The summed E-state index contributed by atoms with van der Waals surface area (Å²) < 4.78 is 12.4. The zero-order valence-electron chi connectivity index (χ0n) is 21.0. The first-order chi connectivity index (χ1) is 17.1. The predicted molar refractivity (Wildman–Crippen MR) is 136 cm³/mol. The fourth-order valence-corrected chi connectivity index (χ4v) is 4.18. The van der Waals surface area contributed by atoms with E-state index in [0.717, 1.165) is 18.4 Å². The van der Waals surface area contributed by atoms with Gasteiger partial charge in [-0.2, -0.15) is 0 Å². The van der Waals surface area contributed by atoms with Gasteiger partial charge in [-0.25, -0.2) is 24.5 Å². The number of carbonyl (C=O) groups excluding carboxylic acids is 2. The van der Waals surface area contributed by atoms with Gasteiger partial charge in [-0.05, 0) is 58.6 Å². The number of aromatic nitrogens is 4. The van der Waals surface area contributed by atoms with E-state index in [1.165, 1.54) is 0 Å². The summed E-state index contributed by atoms with van der Waals surface area (Å²) in [4.78, 5) is 39.7. The Morgan fingerprint density at radius 2 is 1.94 bits per heavy atom. The first kappa shape index (κ1) is 25.7. The Bertz CT molecular complexity index is 1250. The van der Waals surface area contributed by atoms with E-state index in [1.807, 2.05) is 26.8 Å². The summed E-state index contributed by atoms with van der Waals surface area (Å²) in [7, 11) is 0. The van der Waals surface area contributed by atoms with Gasteiger partial charge in [-0.15, -0.1) is 0 Å². The molecule has 0 saturated carbocycles. The number of fused-ring (bicyclic) bond motifs is 1. The van der Waals surface area contributed by atoms with Crippen LogP contribution in [0.3, 0.4) is 0 Å². The number of ether oxygens (including phenoxy) is 2. The van der Waals surface area contributed by atoms with E-state index in [9.17, 15) is 9.59 Å². The number of anilines is 1. The number of esters is 1. The van der Waals surface area contributed by atoms with Crippen LogP contribution in [0, 0.1) is 5.92 Å². The number of carbonyl (C=O) groups is 2. The maximum absolute atomic E-state index is 12.4. The van der Waals surface area contributed by atoms with Gasteiger partial charge in [0.2, 0.25) is 0 Å². The lowest BCUT2D eigenvalue weighted by Crippen LogP contribution is -2.42. The first-order valence-electron chi connectivity index (χ1n) is 12.0. The fourth-order valence-electron chi connectivity index (χ4n) is 4.01. The fraction of sp³-hybridized carbons (Fsp3) is 0.480. The highest BCUT2D eigenvalue weighted by Crippen LogP contribution is 2.26. The van der Waals surface area contributed by atoms with E-state index in [0.29, 0.717) is 47.9 Å². The van der Waals surface area contributed by atoms with Crippen LogP contribution in [0.1, 0.15) is 51.0 Å². The molecule has 0 aliphatic carbocycles. The predicted octanol–water partition coefficient (Wildman–Crippen LogP) is 4.68. The van der Waals surface area contributed by atoms with E-state index in [1.54, 1.807) is 40.9 Å². The standard InChI is InChI=1S/C25H31ClN6O4/c1-5-35-23(33)19-15-32-14-18(17-6-9-27-20(26)12-17)29-21(22(32)30-19)28-13-16-7-10-31(11-8-16)24(34)36-25(2,3)4/h6,9,12,14-16H,5,7-8,10-11,13H2,1-4H3,(H,28,29). The van der Waals surface area contributed by atoms with E-state index in [2.05, 4.69) is 15.3 Å². The van der Waals surface area contributed by atoms with E-state index in [4.69, 9.17) is 26.1 Å². The molecular formula is C25H31ClN6O4. The highest BCUT2D eigenvalue weighted by molar-refractivity contribution is 6.29. The lowest BCUT2D eigenvalue weighted by molar-refractivity contribution is 0.0187. The van der Waals surface area contributed by atoms with Gasteiger partial charge in [0.25, 0.3) is 0 Å². The molecule has 1 aliphatic heterocycles. The molecule has 1 amide bonds. The van der Waals surface area contributed by atoms with E-state index in [-0.39, 0.29) is 18.4 Å². The number of hydrogen-bond acceptors (Lipinski definition) is 8. The van der Waals surface area contributed by atoms with Crippen LogP contribution >= 0.6 is 11.6 Å². The van der Waals surface area contributed by atoms with Gasteiger partial charge >= 0.3 is 12.1 Å². The Hall–Kier alpha value is -3.40. The maximum Gasteiger partial charge on any atom is 0.410 e. The van der Waals surface area contributed by atoms with Crippen molar-refractivity contribution in [1.82, 2.24) is 24.3 Å². The summed E-state index contributed by atoms with van der Waals surface area (Å²) >= 11 is 6.09. The molecule has 0 unspecified atom stereocenters. The molecule has 0 radical (unpaired) electrons. The average molecular weight is 515 g/mol. The van der Waals surface area contributed by atoms with Gasteiger partial charge in [0.05, 0.1) is 12.3 Å². The number of imidazole rings is 1. The summed E-state index contributed by atoms with van der Waals surface area (Å²) in [5.41, 5.74) is 1.66. The number of likely N-dealkylation sites (tertiary alicyclic amines) is 1. The van der Waals surface area contributed by atoms with Crippen molar-refractivity contribution in [3.63, 3.8) is 0 Å². The Morgan fingerprint density at radius 1 is 1.19 bits per heavy atom. The minimum absolute atomic E-state index is 0.206. The second-order valence-electron chi connectivity index (χ2n) is 9.71. The normalized spacial score (nSPS) is 14.6. The van der Waals surface area contributed by atoms with Crippen LogP contribution in [-0.2, 0) is 9.47 Å². The van der Waals surface area contributed by atoms with Crippen LogP contribution in [0.15, 0.2) is 30.7 Å². The molecule has 10 nitrogen and oxygen atoms in total. The van der Waals surface area contributed by atoms with Gasteiger partial charge in [-0.1, -0.05) is 11.6 Å². The monoisotopic (exact) mass is 514 g/mol. The van der Waals surface area contributed by atoms with Crippen LogP contribution in [0.4, 0.5) is 10.6 Å². The molecule has 1 fully saturated rings. The Balaban J connectivity index is 1.52. The van der Waals surface area contributed by atoms with Crippen LogP contribution in [0.2, 0.25) is 5.15 Å². The van der Waals surface area contributed by atoms with Crippen LogP contribution < -0.4 is 5.32 Å². The number of amides is 1. The van der Waals surface area contributed by atoms with Gasteiger partial charge in [0, 0.05) is 43.8 Å². The summed E-state index contributed by atoms with van der Waals surface area (Å²) in [5, 5.41) is 3.78. The number of halogens is 1. The Labute approximate surface area is 215 Å². The minimum atomic E-state index is -0.511. The molecule has 0 bridgehead atoms. The van der Waals surface area contributed by atoms with Gasteiger partial charge in [0.15, 0.2) is 17.2 Å². The molecule has 1 aliphatic rings. The number of rotatable bonds is 6. The van der Waals surface area contributed by atoms with Crippen molar-refractivity contribution in [1.29, 1.82) is 0 Å². The molecule has 0 spiro atoms. The number of pyridine rings is 1. The molecule has 0 aromatic carbocycles. The lowest BCUT2D eigenvalue weighted by atomic mass is 9.97. The van der Waals surface area contributed by atoms with Crippen molar-refractivity contribution in [3.8, 4) is 11.3 Å². The van der Waals surface area contributed by atoms with Crippen LogP contribution in [0.25, 0.3) is 16.9 Å².